The lowest BCUT2D eigenvalue weighted by Crippen LogP contribution is -2.13. The minimum absolute atomic E-state index is 0.0738. The number of nitrogens with one attached hydrogen (secondary N) is 1. The maximum Gasteiger partial charge on any atom is 0.441 e. The monoisotopic (exact) mass is 331 g/mol. The summed E-state index contributed by atoms with van der Waals surface area (Å²) >= 11 is 4.93. The van der Waals surface area contributed by atoms with Crippen LogP contribution in [0.4, 0.5) is 19.0 Å². The lowest BCUT2D eigenvalue weighted by atomic mass is 10.1. The smallest absolute Gasteiger partial charge is 0.389 e. The molecule has 0 unspecified atom stereocenters. The van der Waals surface area contributed by atoms with E-state index in [4.69, 9.17) is 18.0 Å². The summed E-state index contributed by atoms with van der Waals surface area (Å²) in [5.41, 5.74) is 2.81. The van der Waals surface area contributed by atoms with E-state index in [2.05, 4.69) is 10.3 Å². The third-order valence-electron chi connectivity index (χ3n) is 2.66. The first kappa shape index (κ1) is 15.8. The number of aromatic nitrogens is 1. The second kappa shape index (κ2) is 6.48. The zero-order chi connectivity index (χ0) is 15.5. The van der Waals surface area contributed by atoms with Crippen LogP contribution in [0.3, 0.4) is 0 Å². The molecule has 1 aromatic carbocycles. The molecule has 0 spiro atoms. The lowest BCUT2D eigenvalue weighted by molar-refractivity contribution is -0.0327. The normalized spacial score (nSPS) is 11.6. The highest BCUT2D eigenvalue weighted by atomic mass is 32.2. The molecule has 21 heavy (non-hydrogen) atoms. The van der Waals surface area contributed by atoms with E-state index in [0.29, 0.717) is 16.9 Å². The number of halogens is 3. The number of rotatable bonds is 5. The van der Waals surface area contributed by atoms with Crippen LogP contribution in [0, 0.1) is 0 Å². The van der Waals surface area contributed by atoms with Gasteiger partial charge in [0.2, 0.25) is 0 Å². The molecule has 0 radical (unpaired) electrons. The van der Waals surface area contributed by atoms with Gasteiger partial charge < -0.3 is 11.1 Å². The predicted molar refractivity (Wildman–Crippen MR) is 84.6 cm³/mol. The summed E-state index contributed by atoms with van der Waals surface area (Å²) in [7, 11) is 0. The maximum absolute atomic E-state index is 12.0. The van der Waals surface area contributed by atoms with E-state index in [0.717, 1.165) is 5.39 Å². The third-order valence-corrected chi connectivity index (χ3v) is 3.61. The van der Waals surface area contributed by atoms with Gasteiger partial charge >= 0.3 is 5.51 Å². The maximum atomic E-state index is 12.0. The van der Waals surface area contributed by atoms with Crippen LogP contribution in [0.1, 0.15) is 5.56 Å². The fraction of sp³-hybridized carbons (Fsp3) is 0.231. The number of thiocarbonyl (C=S) groups is 1. The van der Waals surface area contributed by atoms with Gasteiger partial charge in [0.1, 0.15) is 10.8 Å². The van der Waals surface area contributed by atoms with E-state index in [1.165, 1.54) is 0 Å². The molecule has 3 nitrogen and oxygen atoms in total. The number of fused-ring (bicyclic) bond motifs is 1. The van der Waals surface area contributed by atoms with Gasteiger partial charge in [0.15, 0.2) is 0 Å². The highest BCUT2D eigenvalue weighted by molar-refractivity contribution is 8.00. The van der Waals surface area contributed by atoms with Crippen LogP contribution in [-0.2, 0) is 0 Å². The Morgan fingerprint density at radius 1 is 1.33 bits per heavy atom. The Hall–Kier alpha value is -1.54. The molecular weight excluding hydrogens is 319 g/mol. The van der Waals surface area contributed by atoms with E-state index < -0.39 is 5.51 Å². The largest absolute Gasteiger partial charge is 0.441 e. The van der Waals surface area contributed by atoms with Crippen molar-refractivity contribution in [1.29, 1.82) is 0 Å². The first-order chi connectivity index (χ1) is 9.87. The summed E-state index contributed by atoms with van der Waals surface area (Å²) in [6.45, 7) is 0.145. The van der Waals surface area contributed by atoms with Crippen LogP contribution in [0.2, 0.25) is 0 Å². The predicted octanol–water partition coefficient (Wildman–Crippen LogP) is 3.53. The molecule has 112 valence electrons. The second-order valence-corrected chi connectivity index (χ2v) is 5.76. The molecule has 0 atom stereocenters. The third kappa shape index (κ3) is 4.47. The summed E-state index contributed by atoms with van der Waals surface area (Å²) < 4.78 is 36.1. The first-order valence-corrected chi connectivity index (χ1v) is 7.40. The van der Waals surface area contributed by atoms with Gasteiger partial charge in [-0.15, -0.1) is 0 Å². The molecule has 1 aromatic heterocycles. The second-order valence-electron chi connectivity index (χ2n) is 4.16. The van der Waals surface area contributed by atoms with Crippen LogP contribution in [-0.4, -0.2) is 27.8 Å². The van der Waals surface area contributed by atoms with E-state index in [1.54, 1.807) is 12.1 Å². The average Bonchev–Trinajstić information content (AvgIpc) is 2.41. The molecule has 8 heteroatoms. The van der Waals surface area contributed by atoms with Crippen LogP contribution >= 0.6 is 24.0 Å². The van der Waals surface area contributed by atoms with Gasteiger partial charge in [0.25, 0.3) is 0 Å². The Kier molecular flexibility index (Phi) is 4.89. The Morgan fingerprint density at radius 3 is 2.71 bits per heavy atom. The van der Waals surface area contributed by atoms with Gasteiger partial charge in [-0.25, -0.2) is 4.98 Å². The van der Waals surface area contributed by atoms with Crippen molar-refractivity contribution in [3.63, 3.8) is 0 Å². The van der Waals surface area contributed by atoms with Crippen molar-refractivity contribution in [3.8, 4) is 0 Å². The lowest BCUT2D eigenvalue weighted by Gasteiger charge is -2.11. The molecule has 0 aliphatic carbocycles. The molecule has 0 bridgehead atoms. The molecule has 2 rings (SSSR count). The van der Waals surface area contributed by atoms with Gasteiger partial charge in [0, 0.05) is 23.2 Å². The minimum Gasteiger partial charge on any atom is -0.389 e. The molecule has 0 aliphatic rings. The van der Waals surface area contributed by atoms with E-state index in [1.807, 2.05) is 18.2 Å². The number of alkyl halides is 3. The molecule has 0 fully saturated rings. The fourth-order valence-corrected chi connectivity index (χ4v) is 2.42. The number of anilines is 1. The van der Waals surface area contributed by atoms with Crippen LogP contribution in [0.5, 0.6) is 0 Å². The number of benzene rings is 1. The van der Waals surface area contributed by atoms with Gasteiger partial charge in [-0.1, -0.05) is 30.4 Å². The van der Waals surface area contributed by atoms with Crippen molar-refractivity contribution >= 4 is 45.7 Å². The minimum atomic E-state index is -4.22. The van der Waals surface area contributed by atoms with Crippen molar-refractivity contribution < 1.29 is 13.2 Å². The highest BCUT2D eigenvalue weighted by Gasteiger charge is 2.27. The standard InChI is InChI=1S/C13H12F3N3S2/c14-13(15,16)21-6-5-18-11-7-9(12(17)20)8-3-1-2-4-10(8)19-11/h1-4,7H,5-6H2,(H2,17,20)(H,18,19). The van der Waals surface area contributed by atoms with Crippen molar-refractivity contribution in [3.05, 3.63) is 35.9 Å². The Balaban J connectivity index is 2.15. The number of hydrogen-bond acceptors (Lipinski definition) is 4. The van der Waals surface area contributed by atoms with Crippen LogP contribution in [0.25, 0.3) is 10.9 Å². The van der Waals surface area contributed by atoms with Crippen molar-refractivity contribution in [2.24, 2.45) is 5.73 Å². The SMILES string of the molecule is NC(=S)c1cc(NCCSC(F)(F)F)nc2ccccc12. The van der Waals surface area contributed by atoms with E-state index >= 15 is 0 Å². The van der Waals surface area contributed by atoms with Gasteiger partial charge in [-0.05, 0) is 23.9 Å². The molecule has 0 aliphatic heterocycles. The zero-order valence-electron chi connectivity index (χ0n) is 10.8. The average molecular weight is 331 g/mol. The van der Waals surface area contributed by atoms with Crippen molar-refractivity contribution in [1.82, 2.24) is 4.98 Å². The molecule has 2 aromatic rings. The number of hydrogen-bond donors (Lipinski definition) is 2. The summed E-state index contributed by atoms with van der Waals surface area (Å²) in [5.74, 6) is 0.361. The fourth-order valence-electron chi connectivity index (χ4n) is 1.82. The van der Waals surface area contributed by atoms with Gasteiger partial charge in [-0.2, -0.15) is 13.2 Å². The molecule has 0 amide bonds. The van der Waals surface area contributed by atoms with Crippen molar-refractivity contribution in [2.75, 3.05) is 17.6 Å². The summed E-state index contributed by atoms with van der Waals surface area (Å²) in [6, 6.07) is 8.97. The molecule has 1 heterocycles. The Labute approximate surface area is 129 Å². The Morgan fingerprint density at radius 2 is 2.05 bits per heavy atom. The van der Waals surface area contributed by atoms with E-state index in [-0.39, 0.29) is 29.0 Å². The molecule has 0 saturated heterocycles. The zero-order valence-corrected chi connectivity index (χ0v) is 12.4. The number of para-hydroxylation sites is 1. The van der Waals surface area contributed by atoms with E-state index in [9.17, 15) is 13.2 Å². The number of pyridine rings is 1. The molecule has 3 N–H and O–H groups in total. The van der Waals surface area contributed by atoms with Gasteiger partial charge in [0.05, 0.1) is 5.52 Å². The van der Waals surface area contributed by atoms with Crippen molar-refractivity contribution in [2.45, 2.75) is 5.51 Å². The molecular formula is C13H12F3N3S2. The Bertz CT molecular complexity index is 659. The topological polar surface area (TPSA) is 50.9 Å². The summed E-state index contributed by atoms with van der Waals surface area (Å²) in [4.78, 5) is 4.56. The van der Waals surface area contributed by atoms with Crippen LogP contribution in [0.15, 0.2) is 30.3 Å². The summed E-state index contributed by atoms with van der Waals surface area (Å²) in [6.07, 6.45) is 0. The number of nitrogens with zero attached hydrogens (tertiary/aromatic N) is 1. The first-order valence-electron chi connectivity index (χ1n) is 6.01. The highest BCUT2D eigenvalue weighted by Crippen LogP contribution is 2.29. The number of thioether (sulfide) groups is 1. The molecule has 0 saturated carbocycles. The van der Waals surface area contributed by atoms with Gasteiger partial charge in [-0.3, -0.25) is 0 Å². The number of nitrogens with two attached hydrogens (primary N) is 1. The quantitative estimate of drug-likeness (QED) is 0.648. The summed E-state index contributed by atoms with van der Waals surface area (Å²) in [5, 5.41) is 3.68. The van der Waals surface area contributed by atoms with Crippen LogP contribution < -0.4 is 11.1 Å².